The molecule has 1 saturated heterocycles. The summed E-state index contributed by atoms with van der Waals surface area (Å²) in [5, 5.41) is 5.24. The van der Waals surface area contributed by atoms with Crippen LogP contribution in [-0.4, -0.2) is 53.6 Å². The minimum Gasteiger partial charge on any atom is -0.495 e. The van der Waals surface area contributed by atoms with Gasteiger partial charge in [-0.2, -0.15) is 0 Å². The second-order valence-corrected chi connectivity index (χ2v) is 9.56. The standard InChI is InChI=1S/C26H32N4O2S/c1-20-7-8-25(32-2)24(17-20)28-26(31)30(19-21-5-3-12-27-18-21)22-9-13-29(14-10-22)15-11-23-6-4-16-33-23/h3-8,12,16-18,22H,9-11,13-15,19H2,1-2H3,(H,28,31). The number of piperidine rings is 1. The maximum Gasteiger partial charge on any atom is 0.322 e. The first-order valence-corrected chi connectivity index (χ1v) is 12.4. The van der Waals surface area contributed by atoms with E-state index in [9.17, 15) is 4.79 Å². The van der Waals surface area contributed by atoms with E-state index in [0.29, 0.717) is 18.0 Å². The number of urea groups is 1. The van der Waals surface area contributed by atoms with Crippen molar-refractivity contribution in [2.24, 2.45) is 0 Å². The maximum atomic E-state index is 13.5. The molecule has 33 heavy (non-hydrogen) atoms. The number of aryl methyl sites for hydroxylation is 1. The average molecular weight is 465 g/mol. The van der Waals surface area contributed by atoms with Gasteiger partial charge < -0.3 is 19.9 Å². The van der Waals surface area contributed by atoms with Gasteiger partial charge in [0.2, 0.25) is 0 Å². The van der Waals surface area contributed by atoms with Gasteiger partial charge in [-0.25, -0.2) is 4.79 Å². The number of carbonyl (C=O) groups is 1. The summed E-state index contributed by atoms with van der Waals surface area (Å²) in [5.74, 6) is 0.665. The number of amides is 2. The Balaban J connectivity index is 1.43. The fourth-order valence-corrected chi connectivity index (χ4v) is 5.04. The van der Waals surface area contributed by atoms with Crippen LogP contribution >= 0.6 is 11.3 Å². The predicted octanol–water partition coefficient (Wildman–Crippen LogP) is 5.20. The number of ether oxygens (including phenoxy) is 1. The van der Waals surface area contributed by atoms with Crippen molar-refractivity contribution in [3.8, 4) is 5.75 Å². The number of likely N-dealkylation sites (tertiary alicyclic amines) is 1. The van der Waals surface area contributed by atoms with E-state index in [1.54, 1.807) is 13.3 Å². The number of hydrogen-bond acceptors (Lipinski definition) is 5. The molecule has 0 spiro atoms. The Bertz CT molecular complexity index is 1020. The zero-order valence-corrected chi connectivity index (χ0v) is 20.2. The normalized spacial score (nSPS) is 14.7. The van der Waals surface area contributed by atoms with Crippen molar-refractivity contribution in [3.63, 3.8) is 0 Å². The molecule has 3 heterocycles. The van der Waals surface area contributed by atoms with Gasteiger partial charge in [0, 0.05) is 49.5 Å². The van der Waals surface area contributed by atoms with E-state index in [1.165, 1.54) is 4.88 Å². The van der Waals surface area contributed by atoms with E-state index >= 15 is 0 Å². The molecule has 1 aliphatic rings. The molecule has 4 rings (SSSR count). The minimum atomic E-state index is -0.0974. The third-order valence-electron chi connectivity index (χ3n) is 6.19. The van der Waals surface area contributed by atoms with Crippen molar-refractivity contribution in [2.45, 2.75) is 38.8 Å². The topological polar surface area (TPSA) is 57.7 Å². The number of carbonyl (C=O) groups excluding carboxylic acids is 1. The van der Waals surface area contributed by atoms with Crippen molar-refractivity contribution in [1.29, 1.82) is 0 Å². The van der Waals surface area contributed by atoms with Crippen LogP contribution in [0.25, 0.3) is 0 Å². The number of aromatic nitrogens is 1. The highest BCUT2D eigenvalue weighted by molar-refractivity contribution is 7.09. The molecule has 2 aromatic heterocycles. The lowest BCUT2D eigenvalue weighted by Gasteiger charge is -2.38. The molecule has 2 amide bonds. The third-order valence-corrected chi connectivity index (χ3v) is 7.12. The van der Waals surface area contributed by atoms with Crippen LogP contribution in [0.15, 0.2) is 60.2 Å². The number of hydrogen-bond donors (Lipinski definition) is 1. The van der Waals surface area contributed by atoms with E-state index in [0.717, 1.165) is 50.0 Å². The van der Waals surface area contributed by atoms with Crippen molar-refractivity contribution in [2.75, 3.05) is 32.1 Å². The summed E-state index contributed by atoms with van der Waals surface area (Å²) in [6, 6.07) is 14.2. The fraction of sp³-hybridized carbons (Fsp3) is 0.385. The van der Waals surface area contributed by atoms with Crippen molar-refractivity contribution in [1.82, 2.24) is 14.8 Å². The molecule has 0 aliphatic carbocycles. The summed E-state index contributed by atoms with van der Waals surface area (Å²) in [4.78, 5) is 23.6. The minimum absolute atomic E-state index is 0.0974. The number of thiophene rings is 1. The molecule has 174 valence electrons. The van der Waals surface area contributed by atoms with Crippen LogP contribution in [0.2, 0.25) is 0 Å². The fourth-order valence-electron chi connectivity index (χ4n) is 4.34. The quantitative estimate of drug-likeness (QED) is 0.498. The Morgan fingerprint density at radius 3 is 2.79 bits per heavy atom. The van der Waals surface area contributed by atoms with E-state index in [4.69, 9.17) is 4.74 Å². The Morgan fingerprint density at radius 1 is 1.24 bits per heavy atom. The number of rotatable bonds is 8. The van der Waals surface area contributed by atoms with Gasteiger partial charge in [0.25, 0.3) is 0 Å². The Kier molecular flexibility index (Phi) is 7.96. The number of benzene rings is 1. The number of pyridine rings is 1. The molecule has 0 saturated carbocycles. The first kappa shape index (κ1) is 23.3. The van der Waals surface area contributed by atoms with Crippen LogP contribution in [0.5, 0.6) is 5.75 Å². The molecule has 1 aromatic carbocycles. The first-order chi connectivity index (χ1) is 16.1. The molecule has 3 aromatic rings. The van der Waals surface area contributed by atoms with Gasteiger partial charge in [0.1, 0.15) is 5.75 Å². The molecule has 0 bridgehead atoms. The van der Waals surface area contributed by atoms with E-state index in [2.05, 4.69) is 32.7 Å². The highest BCUT2D eigenvalue weighted by Crippen LogP contribution is 2.27. The second-order valence-electron chi connectivity index (χ2n) is 8.53. The van der Waals surface area contributed by atoms with Gasteiger partial charge >= 0.3 is 6.03 Å². The molecule has 0 unspecified atom stereocenters. The Labute approximate surface area is 200 Å². The van der Waals surface area contributed by atoms with E-state index in [1.807, 2.05) is 59.7 Å². The summed E-state index contributed by atoms with van der Waals surface area (Å²) >= 11 is 1.82. The monoisotopic (exact) mass is 464 g/mol. The smallest absolute Gasteiger partial charge is 0.322 e. The number of anilines is 1. The van der Waals surface area contributed by atoms with Crippen molar-refractivity contribution >= 4 is 23.1 Å². The van der Waals surface area contributed by atoms with E-state index in [-0.39, 0.29) is 12.1 Å². The molecular weight excluding hydrogens is 432 g/mol. The average Bonchev–Trinajstić information content (AvgIpc) is 3.36. The van der Waals surface area contributed by atoms with Gasteiger partial charge in [0.15, 0.2) is 0 Å². The van der Waals surface area contributed by atoms with Crippen LogP contribution in [0.3, 0.4) is 0 Å². The van der Waals surface area contributed by atoms with Crippen LogP contribution < -0.4 is 10.1 Å². The summed E-state index contributed by atoms with van der Waals surface area (Å²) in [7, 11) is 1.62. The lowest BCUT2D eigenvalue weighted by molar-refractivity contribution is 0.124. The van der Waals surface area contributed by atoms with Crippen molar-refractivity contribution in [3.05, 3.63) is 76.2 Å². The molecule has 0 radical (unpaired) electrons. The maximum absolute atomic E-state index is 13.5. The van der Waals surface area contributed by atoms with Gasteiger partial charge in [-0.3, -0.25) is 4.98 Å². The highest BCUT2D eigenvalue weighted by Gasteiger charge is 2.28. The van der Waals surface area contributed by atoms with Crippen LogP contribution in [0.4, 0.5) is 10.5 Å². The van der Waals surface area contributed by atoms with Gasteiger partial charge in [-0.15, -0.1) is 11.3 Å². The second kappa shape index (κ2) is 11.3. The molecule has 1 fully saturated rings. The summed E-state index contributed by atoms with van der Waals surface area (Å²) in [6.45, 7) is 5.62. The van der Waals surface area contributed by atoms with Gasteiger partial charge in [0.05, 0.1) is 12.8 Å². The molecule has 6 nitrogen and oxygen atoms in total. The molecule has 1 aliphatic heterocycles. The largest absolute Gasteiger partial charge is 0.495 e. The van der Waals surface area contributed by atoms with Crippen LogP contribution in [-0.2, 0) is 13.0 Å². The first-order valence-electron chi connectivity index (χ1n) is 11.5. The summed E-state index contributed by atoms with van der Waals surface area (Å²) in [6.07, 6.45) is 6.61. The van der Waals surface area contributed by atoms with Crippen molar-refractivity contribution < 1.29 is 9.53 Å². The Morgan fingerprint density at radius 2 is 2.09 bits per heavy atom. The van der Waals surface area contributed by atoms with Crippen LogP contribution in [0, 0.1) is 6.92 Å². The third kappa shape index (κ3) is 6.33. The number of nitrogens with zero attached hydrogens (tertiary/aromatic N) is 3. The number of methoxy groups -OCH3 is 1. The zero-order valence-electron chi connectivity index (χ0n) is 19.4. The van der Waals surface area contributed by atoms with E-state index < -0.39 is 0 Å². The Hall–Kier alpha value is -2.90. The highest BCUT2D eigenvalue weighted by atomic mass is 32.1. The summed E-state index contributed by atoms with van der Waals surface area (Å²) in [5.41, 5.74) is 2.81. The SMILES string of the molecule is COc1ccc(C)cc1NC(=O)N(Cc1cccnc1)C1CCN(CCc2cccs2)CC1. The lowest BCUT2D eigenvalue weighted by atomic mass is 10.0. The lowest BCUT2D eigenvalue weighted by Crippen LogP contribution is -2.48. The molecule has 1 N–H and O–H groups in total. The molecule has 0 atom stereocenters. The summed E-state index contributed by atoms with van der Waals surface area (Å²) < 4.78 is 5.47. The molecule has 7 heteroatoms. The van der Waals surface area contributed by atoms with Crippen LogP contribution in [0.1, 0.15) is 28.8 Å². The zero-order chi connectivity index (χ0) is 23.0. The predicted molar refractivity (Wildman–Crippen MR) is 134 cm³/mol. The van der Waals surface area contributed by atoms with Gasteiger partial charge in [-0.1, -0.05) is 18.2 Å². The van der Waals surface area contributed by atoms with Gasteiger partial charge in [-0.05, 0) is 67.0 Å². The number of nitrogens with one attached hydrogen (secondary N) is 1. The molecular formula is C26H32N4O2S.